The molecule has 0 atom stereocenters. The molecule has 0 spiro atoms. The third-order valence-corrected chi connectivity index (χ3v) is 3.90. The molecule has 0 fully saturated rings. The zero-order valence-corrected chi connectivity index (χ0v) is 12.4. The Bertz CT molecular complexity index is 533. The Kier molecular flexibility index (Phi) is 4.06. The molecule has 0 aliphatic heterocycles. The van der Waals surface area contributed by atoms with Crippen molar-refractivity contribution in [3.8, 4) is 0 Å². The third-order valence-electron chi connectivity index (χ3n) is 3.90. The number of rotatable bonds is 3. The van der Waals surface area contributed by atoms with E-state index in [2.05, 4.69) is 64.1 Å². The highest BCUT2D eigenvalue weighted by atomic mass is 16.5. The summed E-state index contributed by atoms with van der Waals surface area (Å²) in [5, 5.41) is 0. The van der Waals surface area contributed by atoms with E-state index in [0.717, 1.165) is 0 Å². The molecule has 2 rings (SSSR count). The van der Waals surface area contributed by atoms with Gasteiger partial charge < -0.3 is 4.74 Å². The average Bonchev–Trinajstić information content (AvgIpc) is 2.39. The van der Waals surface area contributed by atoms with Crippen LogP contribution in [0, 0.1) is 27.7 Å². The van der Waals surface area contributed by atoms with Gasteiger partial charge in [-0.3, -0.25) is 0 Å². The summed E-state index contributed by atoms with van der Waals surface area (Å²) in [5.41, 5.74) is 7.69. The van der Waals surface area contributed by atoms with Gasteiger partial charge in [0, 0.05) is 7.11 Å². The van der Waals surface area contributed by atoms with Crippen LogP contribution in [0.1, 0.15) is 39.5 Å². The summed E-state index contributed by atoms with van der Waals surface area (Å²) >= 11 is 0. The van der Waals surface area contributed by atoms with Crippen LogP contribution in [0.2, 0.25) is 0 Å². The molecule has 0 N–H and O–H groups in total. The standard InChI is InChI=1S/C18H22O/c1-12-6-8-16(10-14(12)3)18(19-5)17-9-7-13(2)15(4)11-17/h6-11,18H,1-5H3. The van der Waals surface area contributed by atoms with Crippen LogP contribution >= 0.6 is 0 Å². The third kappa shape index (κ3) is 2.87. The Morgan fingerprint density at radius 1 is 0.684 bits per heavy atom. The first-order valence-electron chi connectivity index (χ1n) is 6.70. The lowest BCUT2D eigenvalue weighted by Crippen LogP contribution is -2.05. The van der Waals surface area contributed by atoms with Gasteiger partial charge in [-0.2, -0.15) is 0 Å². The van der Waals surface area contributed by atoms with Crippen molar-refractivity contribution in [1.29, 1.82) is 0 Å². The lowest BCUT2D eigenvalue weighted by Gasteiger charge is -2.18. The van der Waals surface area contributed by atoms with Gasteiger partial charge >= 0.3 is 0 Å². The maximum atomic E-state index is 5.71. The van der Waals surface area contributed by atoms with Gasteiger partial charge in [0.2, 0.25) is 0 Å². The van der Waals surface area contributed by atoms with Crippen molar-refractivity contribution >= 4 is 0 Å². The number of benzene rings is 2. The fourth-order valence-electron chi connectivity index (χ4n) is 2.32. The highest BCUT2D eigenvalue weighted by Crippen LogP contribution is 2.28. The molecule has 0 bridgehead atoms. The predicted molar refractivity (Wildman–Crippen MR) is 80.7 cm³/mol. The largest absolute Gasteiger partial charge is 0.372 e. The van der Waals surface area contributed by atoms with E-state index in [1.54, 1.807) is 7.11 Å². The van der Waals surface area contributed by atoms with Crippen LogP contribution in [0.25, 0.3) is 0 Å². The Labute approximate surface area is 116 Å². The fraction of sp³-hybridized carbons (Fsp3) is 0.333. The second-order valence-corrected chi connectivity index (χ2v) is 5.30. The summed E-state index contributed by atoms with van der Waals surface area (Å²) in [6, 6.07) is 13.1. The zero-order valence-electron chi connectivity index (χ0n) is 12.4. The minimum atomic E-state index is 0.0126. The molecule has 0 saturated heterocycles. The quantitative estimate of drug-likeness (QED) is 0.774. The molecule has 2 aromatic carbocycles. The van der Waals surface area contributed by atoms with E-state index >= 15 is 0 Å². The average molecular weight is 254 g/mol. The van der Waals surface area contributed by atoms with Crippen LogP contribution < -0.4 is 0 Å². The van der Waals surface area contributed by atoms with Gasteiger partial charge in [-0.15, -0.1) is 0 Å². The second kappa shape index (κ2) is 5.58. The Balaban J connectivity index is 2.43. The van der Waals surface area contributed by atoms with Crippen LogP contribution in [-0.4, -0.2) is 7.11 Å². The molecule has 19 heavy (non-hydrogen) atoms. The molecular formula is C18H22O. The van der Waals surface area contributed by atoms with Crippen LogP contribution in [0.15, 0.2) is 36.4 Å². The number of aryl methyl sites for hydroxylation is 4. The van der Waals surface area contributed by atoms with Gasteiger partial charge in [0.15, 0.2) is 0 Å². The van der Waals surface area contributed by atoms with Crippen molar-refractivity contribution in [2.45, 2.75) is 33.8 Å². The molecule has 0 aliphatic rings. The molecule has 0 aliphatic carbocycles. The molecule has 2 aromatic rings. The van der Waals surface area contributed by atoms with E-state index in [4.69, 9.17) is 4.74 Å². The molecule has 0 radical (unpaired) electrons. The van der Waals surface area contributed by atoms with Crippen molar-refractivity contribution in [2.75, 3.05) is 7.11 Å². The molecule has 0 heterocycles. The minimum Gasteiger partial charge on any atom is -0.372 e. The normalized spacial score (nSPS) is 11.1. The van der Waals surface area contributed by atoms with Crippen molar-refractivity contribution in [2.24, 2.45) is 0 Å². The zero-order chi connectivity index (χ0) is 14.0. The highest BCUT2D eigenvalue weighted by Gasteiger charge is 2.14. The van der Waals surface area contributed by atoms with Crippen molar-refractivity contribution in [3.05, 3.63) is 69.8 Å². The Morgan fingerprint density at radius 3 is 1.42 bits per heavy atom. The monoisotopic (exact) mass is 254 g/mol. The maximum Gasteiger partial charge on any atom is 0.107 e. The van der Waals surface area contributed by atoms with Crippen molar-refractivity contribution in [1.82, 2.24) is 0 Å². The molecule has 0 aromatic heterocycles. The van der Waals surface area contributed by atoms with Gasteiger partial charge in [-0.1, -0.05) is 36.4 Å². The molecular weight excluding hydrogens is 232 g/mol. The molecule has 100 valence electrons. The molecule has 0 unspecified atom stereocenters. The van der Waals surface area contributed by atoms with E-state index in [0.29, 0.717) is 0 Å². The Morgan fingerprint density at radius 2 is 1.11 bits per heavy atom. The first kappa shape index (κ1) is 13.8. The van der Waals surface area contributed by atoms with E-state index < -0.39 is 0 Å². The Hall–Kier alpha value is -1.60. The second-order valence-electron chi connectivity index (χ2n) is 5.30. The summed E-state index contributed by atoms with van der Waals surface area (Å²) in [7, 11) is 1.77. The van der Waals surface area contributed by atoms with E-state index in [-0.39, 0.29) is 6.10 Å². The summed E-state index contributed by atoms with van der Waals surface area (Å²) in [5.74, 6) is 0. The van der Waals surface area contributed by atoms with Crippen LogP contribution in [0.5, 0.6) is 0 Å². The molecule has 0 amide bonds. The van der Waals surface area contributed by atoms with E-state index in [9.17, 15) is 0 Å². The number of ether oxygens (including phenoxy) is 1. The number of methoxy groups -OCH3 is 1. The van der Waals surface area contributed by atoms with Gasteiger partial charge in [0.1, 0.15) is 6.10 Å². The molecule has 0 saturated carbocycles. The highest BCUT2D eigenvalue weighted by molar-refractivity contribution is 5.39. The van der Waals surface area contributed by atoms with E-state index in [1.807, 2.05) is 0 Å². The van der Waals surface area contributed by atoms with Crippen LogP contribution in [0.4, 0.5) is 0 Å². The summed E-state index contributed by atoms with van der Waals surface area (Å²) < 4.78 is 5.71. The number of hydrogen-bond acceptors (Lipinski definition) is 1. The smallest absolute Gasteiger partial charge is 0.107 e. The molecule has 1 heteroatoms. The lowest BCUT2D eigenvalue weighted by atomic mass is 9.95. The lowest BCUT2D eigenvalue weighted by molar-refractivity contribution is 0.136. The number of hydrogen-bond donors (Lipinski definition) is 0. The van der Waals surface area contributed by atoms with Crippen LogP contribution in [-0.2, 0) is 4.74 Å². The minimum absolute atomic E-state index is 0.0126. The summed E-state index contributed by atoms with van der Waals surface area (Å²) in [6.45, 7) is 8.56. The van der Waals surface area contributed by atoms with Crippen molar-refractivity contribution in [3.63, 3.8) is 0 Å². The first-order valence-corrected chi connectivity index (χ1v) is 6.70. The van der Waals surface area contributed by atoms with Gasteiger partial charge in [0.05, 0.1) is 0 Å². The molecule has 1 nitrogen and oxygen atoms in total. The summed E-state index contributed by atoms with van der Waals surface area (Å²) in [6.07, 6.45) is 0.0126. The summed E-state index contributed by atoms with van der Waals surface area (Å²) in [4.78, 5) is 0. The van der Waals surface area contributed by atoms with Gasteiger partial charge in [0.25, 0.3) is 0 Å². The first-order chi connectivity index (χ1) is 9.02. The van der Waals surface area contributed by atoms with Gasteiger partial charge in [-0.25, -0.2) is 0 Å². The predicted octanol–water partition coefficient (Wildman–Crippen LogP) is 4.66. The maximum absolute atomic E-state index is 5.71. The van der Waals surface area contributed by atoms with Gasteiger partial charge in [-0.05, 0) is 61.1 Å². The topological polar surface area (TPSA) is 9.23 Å². The van der Waals surface area contributed by atoms with Crippen molar-refractivity contribution < 1.29 is 4.74 Å². The SMILES string of the molecule is COC(c1ccc(C)c(C)c1)c1ccc(C)c(C)c1. The fourth-order valence-corrected chi connectivity index (χ4v) is 2.32. The van der Waals surface area contributed by atoms with E-state index in [1.165, 1.54) is 33.4 Å². The van der Waals surface area contributed by atoms with Crippen LogP contribution in [0.3, 0.4) is 0 Å².